The Morgan fingerprint density at radius 3 is 3.05 bits per heavy atom. The van der Waals surface area contributed by atoms with Gasteiger partial charge in [0.1, 0.15) is 0 Å². The zero-order valence-corrected chi connectivity index (χ0v) is 11.6. The fraction of sp³-hybridized carbons (Fsp3) is 0.333. The van der Waals surface area contributed by atoms with Crippen LogP contribution in [0.1, 0.15) is 33.6 Å². The third-order valence-electron chi connectivity index (χ3n) is 3.27. The average Bonchev–Trinajstić information content (AvgIpc) is 2.77. The summed E-state index contributed by atoms with van der Waals surface area (Å²) in [4.78, 5) is 17.5. The Bertz CT molecular complexity index is 618. The predicted octanol–water partition coefficient (Wildman–Crippen LogP) is 3.48. The van der Waals surface area contributed by atoms with Crippen molar-refractivity contribution in [3.05, 3.63) is 39.7 Å². The summed E-state index contributed by atoms with van der Waals surface area (Å²) in [5.41, 5.74) is 3.46. The van der Waals surface area contributed by atoms with Gasteiger partial charge < -0.3 is 4.74 Å². The van der Waals surface area contributed by atoms with E-state index in [0.29, 0.717) is 11.6 Å². The van der Waals surface area contributed by atoms with E-state index in [2.05, 4.69) is 23.2 Å². The number of benzene rings is 1. The number of esters is 1. The van der Waals surface area contributed by atoms with Gasteiger partial charge in [-0.3, -0.25) is 0 Å². The molecule has 0 unspecified atom stereocenters. The van der Waals surface area contributed by atoms with Crippen molar-refractivity contribution in [2.24, 2.45) is 0 Å². The summed E-state index contributed by atoms with van der Waals surface area (Å²) in [6, 6.07) is 8.32. The van der Waals surface area contributed by atoms with E-state index in [1.165, 1.54) is 27.3 Å². The lowest BCUT2D eigenvalue weighted by Crippen LogP contribution is -2.03. The Labute approximate surface area is 116 Å². The van der Waals surface area contributed by atoms with Gasteiger partial charge in [0.25, 0.3) is 0 Å². The highest BCUT2D eigenvalue weighted by atomic mass is 32.1. The molecule has 98 valence electrons. The van der Waals surface area contributed by atoms with Crippen molar-refractivity contribution in [1.29, 1.82) is 0 Å². The fourth-order valence-corrected chi connectivity index (χ4v) is 3.43. The minimum Gasteiger partial charge on any atom is -0.461 e. The van der Waals surface area contributed by atoms with Crippen LogP contribution < -0.4 is 0 Å². The van der Waals surface area contributed by atoms with E-state index >= 15 is 0 Å². The first-order valence-electron chi connectivity index (χ1n) is 6.54. The van der Waals surface area contributed by atoms with Crippen molar-refractivity contribution >= 4 is 17.3 Å². The van der Waals surface area contributed by atoms with E-state index in [1.54, 1.807) is 0 Å². The van der Waals surface area contributed by atoms with Crippen LogP contribution >= 0.6 is 11.3 Å². The molecule has 0 saturated carbocycles. The number of hydrogen-bond acceptors (Lipinski definition) is 4. The molecule has 1 aliphatic carbocycles. The van der Waals surface area contributed by atoms with Crippen LogP contribution in [0.15, 0.2) is 24.3 Å². The molecule has 0 radical (unpaired) electrons. The van der Waals surface area contributed by atoms with Gasteiger partial charge in [0, 0.05) is 10.4 Å². The third-order valence-corrected chi connectivity index (χ3v) is 4.37. The molecule has 3 rings (SSSR count). The van der Waals surface area contributed by atoms with Crippen LogP contribution in [-0.4, -0.2) is 17.6 Å². The number of aromatic nitrogens is 1. The summed E-state index contributed by atoms with van der Waals surface area (Å²) in [5.74, 6) is -0.307. The first kappa shape index (κ1) is 12.4. The second kappa shape index (κ2) is 5.13. The molecule has 4 heteroatoms. The second-order valence-corrected chi connectivity index (χ2v) is 5.61. The molecule has 1 aromatic carbocycles. The lowest BCUT2D eigenvalue weighted by atomic mass is 10.0. The fourth-order valence-electron chi connectivity index (χ4n) is 2.42. The minimum absolute atomic E-state index is 0.307. The first-order valence-corrected chi connectivity index (χ1v) is 7.36. The largest absolute Gasteiger partial charge is 0.461 e. The smallest absolute Gasteiger partial charge is 0.367 e. The topological polar surface area (TPSA) is 39.2 Å². The number of thiazole rings is 1. The molecule has 1 aromatic heterocycles. The highest BCUT2D eigenvalue weighted by Gasteiger charge is 2.22. The molecule has 0 saturated heterocycles. The number of fused-ring (bicyclic) bond motifs is 3. The third kappa shape index (κ3) is 2.28. The lowest BCUT2D eigenvalue weighted by Gasteiger charge is -2.03. The van der Waals surface area contributed by atoms with Crippen molar-refractivity contribution in [3.63, 3.8) is 0 Å². The standard InChI is InChI=1S/C15H15NO2S/c1-2-18-15(17)14-16-13-11-8-4-3-6-10(11)7-5-9-12(13)19-14/h3-4,6,8H,2,5,7,9H2,1H3. The van der Waals surface area contributed by atoms with Gasteiger partial charge in [-0.1, -0.05) is 24.3 Å². The van der Waals surface area contributed by atoms with Crippen LogP contribution in [0.4, 0.5) is 0 Å². The molecular weight excluding hydrogens is 258 g/mol. The highest BCUT2D eigenvalue weighted by molar-refractivity contribution is 7.14. The molecule has 19 heavy (non-hydrogen) atoms. The molecule has 0 bridgehead atoms. The molecule has 1 aliphatic rings. The second-order valence-electron chi connectivity index (χ2n) is 4.52. The molecule has 0 atom stereocenters. The quantitative estimate of drug-likeness (QED) is 0.786. The molecule has 0 amide bonds. The van der Waals surface area contributed by atoms with E-state index < -0.39 is 0 Å². The van der Waals surface area contributed by atoms with Gasteiger partial charge in [0.2, 0.25) is 5.01 Å². The number of carbonyl (C=O) groups is 1. The maximum Gasteiger partial charge on any atom is 0.367 e. The number of hydrogen-bond donors (Lipinski definition) is 0. The molecule has 0 N–H and O–H groups in total. The molecule has 0 spiro atoms. The molecular formula is C15H15NO2S. The van der Waals surface area contributed by atoms with Crippen molar-refractivity contribution in [3.8, 4) is 11.3 Å². The monoisotopic (exact) mass is 273 g/mol. The average molecular weight is 273 g/mol. The van der Waals surface area contributed by atoms with Crippen LogP contribution in [0, 0.1) is 0 Å². The van der Waals surface area contributed by atoms with Crippen LogP contribution in [0.3, 0.4) is 0 Å². The molecule has 3 nitrogen and oxygen atoms in total. The minimum atomic E-state index is -0.307. The summed E-state index contributed by atoms with van der Waals surface area (Å²) in [5, 5.41) is 0.476. The summed E-state index contributed by atoms with van der Waals surface area (Å²) in [6.45, 7) is 2.20. The summed E-state index contributed by atoms with van der Waals surface area (Å²) < 4.78 is 5.03. The molecule has 0 aliphatic heterocycles. The van der Waals surface area contributed by atoms with Crippen molar-refractivity contribution in [2.75, 3.05) is 6.61 Å². The number of nitrogens with zero attached hydrogens (tertiary/aromatic N) is 1. The SMILES string of the molecule is CCOC(=O)c1nc2c(s1)CCCc1ccccc1-2. The van der Waals surface area contributed by atoms with Crippen molar-refractivity contribution in [1.82, 2.24) is 4.98 Å². The Morgan fingerprint density at radius 1 is 1.37 bits per heavy atom. The number of carbonyl (C=O) groups excluding carboxylic acids is 1. The van der Waals surface area contributed by atoms with Gasteiger partial charge in [0.05, 0.1) is 12.3 Å². The molecule has 1 heterocycles. The number of aryl methyl sites for hydroxylation is 2. The van der Waals surface area contributed by atoms with Gasteiger partial charge in [-0.05, 0) is 31.7 Å². The Kier molecular flexibility index (Phi) is 3.34. The van der Waals surface area contributed by atoms with Crippen LogP contribution in [-0.2, 0) is 17.6 Å². The number of rotatable bonds is 2. The van der Waals surface area contributed by atoms with E-state index in [4.69, 9.17) is 4.74 Å². The van der Waals surface area contributed by atoms with Crippen molar-refractivity contribution < 1.29 is 9.53 Å². The Hall–Kier alpha value is -1.68. The van der Waals surface area contributed by atoms with Crippen LogP contribution in [0.25, 0.3) is 11.3 Å². The van der Waals surface area contributed by atoms with Gasteiger partial charge in [0.15, 0.2) is 0 Å². The van der Waals surface area contributed by atoms with E-state index in [0.717, 1.165) is 25.0 Å². The maximum atomic E-state index is 11.8. The zero-order chi connectivity index (χ0) is 13.2. The molecule has 0 fully saturated rings. The van der Waals surface area contributed by atoms with E-state index in [-0.39, 0.29) is 5.97 Å². The van der Waals surface area contributed by atoms with Gasteiger partial charge in [-0.2, -0.15) is 0 Å². The zero-order valence-electron chi connectivity index (χ0n) is 10.8. The van der Waals surface area contributed by atoms with Gasteiger partial charge in [-0.15, -0.1) is 11.3 Å². The van der Waals surface area contributed by atoms with Crippen LogP contribution in [0.5, 0.6) is 0 Å². The Morgan fingerprint density at radius 2 is 2.21 bits per heavy atom. The molecule has 2 aromatic rings. The summed E-state index contributed by atoms with van der Waals surface area (Å²) in [6.07, 6.45) is 3.17. The van der Waals surface area contributed by atoms with E-state index in [9.17, 15) is 4.79 Å². The normalized spacial score (nSPS) is 13.3. The lowest BCUT2D eigenvalue weighted by molar-refractivity contribution is 0.0526. The first-order chi connectivity index (χ1) is 9.29. The van der Waals surface area contributed by atoms with Gasteiger partial charge in [-0.25, -0.2) is 9.78 Å². The highest BCUT2D eigenvalue weighted by Crippen LogP contribution is 2.35. The maximum absolute atomic E-state index is 11.8. The Balaban J connectivity index is 2.06. The summed E-state index contributed by atoms with van der Waals surface area (Å²) >= 11 is 1.47. The number of ether oxygens (including phenoxy) is 1. The van der Waals surface area contributed by atoms with E-state index in [1.807, 2.05) is 13.0 Å². The van der Waals surface area contributed by atoms with Gasteiger partial charge >= 0.3 is 5.97 Å². The van der Waals surface area contributed by atoms with Crippen molar-refractivity contribution in [2.45, 2.75) is 26.2 Å². The predicted molar refractivity (Wildman–Crippen MR) is 75.5 cm³/mol. The summed E-state index contributed by atoms with van der Waals surface area (Å²) in [7, 11) is 0. The van der Waals surface area contributed by atoms with Crippen LogP contribution in [0.2, 0.25) is 0 Å².